The van der Waals surface area contributed by atoms with Gasteiger partial charge >= 0.3 is 0 Å². The normalized spacial score (nSPS) is 12.0. The maximum Gasteiger partial charge on any atom is 0.161 e. The second-order valence-corrected chi connectivity index (χ2v) is 5.98. The molecule has 21 heavy (non-hydrogen) atoms. The van der Waals surface area contributed by atoms with Gasteiger partial charge < -0.3 is 15.2 Å². The maximum atomic E-state index is 5.81. The standard InChI is InChI=1S/C17H27NO2S/c1-4-8-19-15-7-6-14(10-13(3)11-17(18)21)12-16(15)20-9-5-2/h6-7,12-13H,4-5,8-11H2,1-3H3,(H2,18,21). The Hall–Kier alpha value is -1.29. The summed E-state index contributed by atoms with van der Waals surface area (Å²) in [5.74, 6) is 2.10. The Balaban J connectivity index is 2.79. The van der Waals surface area contributed by atoms with Gasteiger partial charge in [0.15, 0.2) is 11.5 Å². The van der Waals surface area contributed by atoms with Crippen molar-refractivity contribution in [3.63, 3.8) is 0 Å². The Kier molecular flexibility index (Phi) is 8.13. The summed E-state index contributed by atoms with van der Waals surface area (Å²) in [6.45, 7) is 7.76. The van der Waals surface area contributed by atoms with Gasteiger partial charge in [-0.25, -0.2) is 0 Å². The van der Waals surface area contributed by atoms with Crippen LogP contribution in [0.3, 0.4) is 0 Å². The Labute approximate surface area is 133 Å². The highest BCUT2D eigenvalue weighted by atomic mass is 32.1. The molecule has 0 aliphatic heterocycles. The van der Waals surface area contributed by atoms with Gasteiger partial charge in [0.25, 0.3) is 0 Å². The minimum atomic E-state index is 0.434. The van der Waals surface area contributed by atoms with Crippen LogP contribution >= 0.6 is 12.2 Å². The van der Waals surface area contributed by atoms with E-state index in [0.717, 1.165) is 37.2 Å². The molecule has 0 heterocycles. The lowest BCUT2D eigenvalue weighted by atomic mass is 9.98. The van der Waals surface area contributed by atoms with Gasteiger partial charge in [-0.2, -0.15) is 0 Å². The van der Waals surface area contributed by atoms with E-state index in [-0.39, 0.29) is 0 Å². The zero-order valence-corrected chi connectivity index (χ0v) is 14.2. The summed E-state index contributed by atoms with van der Waals surface area (Å²) < 4.78 is 11.6. The van der Waals surface area contributed by atoms with E-state index in [4.69, 9.17) is 27.4 Å². The molecule has 4 heteroatoms. The van der Waals surface area contributed by atoms with Gasteiger partial charge in [-0.1, -0.05) is 39.1 Å². The van der Waals surface area contributed by atoms with Crippen LogP contribution in [0.15, 0.2) is 18.2 Å². The quantitative estimate of drug-likeness (QED) is 0.660. The molecule has 0 aliphatic rings. The summed E-state index contributed by atoms with van der Waals surface area (Å²) in [5, 5.41) is 0. The molecule has 1 unspecified atom stereocenters. The Morgan fingerprint density at radius 2 is 1.76 bits per heavy atom. The van der Waals surface area contributed by atoms with Crippen LogP contribution in [0.5, 0.6) is 11.5 Å². The van der Waals surface area contributed by atoms with Gasteiger partial charge in [0.05, 0.1) is 18.2 Å². The Morgan fingerprint density at radius 3 is 2.33 bits per heavy atom. The summed E-state index contributed by atoms with van der Waals surface area (Å²) in [6, 6.07) is 6.18. The van der Waals surface area contributed by atoms with Crippen LogP contribution in [0.1, 0.15) is 45.6 Å². The summed E-state index contributed by atoms with van der Waals surface area (Å²) in [6.07, 6.45) is 3.68. The third-order valence-corrected chi connectivity index (χ3v) is 3.23. The Morgan fingerprint density at radius 1 is 1.14 bits per heavy atom. The van der Waals surface area contributed by atoms with Crippen molar-refractivity contribution in [1.82, 2.24) is 0 Å². The summed E-state index contributed by atoms with van der Waals surface area (Å²) in [7, 11) is 0. The van der Waals surface area contributed by atoms with E-state index in [0.29, 0.717) is 24.1 Å². The van der Waals surface area contributed by atoms with E-state index in [1.54, 1.807) is 0 Å². The molecular formula is C17H27NO2S. The summed E-state index contributed by atoms with van der Waals surface area (Å²) in [5.41, 5.74) is 6.84. The molecule has 1 rings (SSSR count). The predicted octanol–water partition coefficient (Wildman–Crippen LogP) is 4.12. The lowest BCUT2D eigenvalue weighted by Gasteiger charge is -2.15. The van der Waals surface area contributed by atoms with E-state index in [1.165, 1.54) is 5.56 Å². The van der Waals surface area contributed by atoms with Gasteiger partial charge in [-0.05, 0) is 42.9 Å². The first-order chi connectivity index (χ1) is 10.1. The number of thiocarbonyl (C=S) groups is 1. The maximum absolute atomic E-state index is 5.81. The number of nitrogens with two attached hydrogens (primary N) is 1. The fourth-order valence-corrected chi connectivity index (χ4v) is 2.44. The SMILES string of the molecule is CCCOc1ccc(CC(C)CC(N)=S)cc1OCCC. The zero-order chi connectivity index (χ0) is 15.7. The number of hydrogen-bond donors (Lipinski definition) is 1. The molecule has 0 amide bonds. The highest BCUT2D eigenvalue weighted by molar-refractivity contribution is 7.80. The van der Waals surface area contributed by atoms with Crippen LogP contribution in [0.4, 0.5) is 0 Å². The van der Waals surface area contributed by atoms with Gasteiger partial charge in [0, 0.05) is 6.42 Å². The number of hydrogen-bond acceptors (Lipinski definition) is 3. The topological polar surface area (TPSA) is 44.5 Å². The molecule has 0 bridgehead atoms. The van der Waals surface area contributed by atoms with Crippen LogP contribution in [0.2, 0.25) is 0 Å². The number of rotatable bonds is 10. The van der Waals surface area contributed by atoms with Gasteiger partial charge in [0.2, 0.25) is 0 Å². The molecule has 0 radical (unpaired) electrons. The summed E-state index contributed by atoms with van der Waals surface area (Å²) >= 11 is 4.97. The van der Waals surface area contributed by atoms with E-state index < -0.39 is 0 Å². The zero-order valence-electron chi connectivity index (χ0n) is 13.4. The average molecular weight is 309 g/mol. The molecule has 0 saturated carbocycles. The van der Waals surface area contributed by atoms with E-state index in [2.05, 4.69) is 32.9 Å². The average Bonchev–Trinajstić information content (AvgIpc) is 2.43. The van der Waals surface area contributed by atoms with E-state index in [1.807, 2.05) is 6.07 Å². The Bertz CT molecular complexity index is 448. The van der Waals surface area contributed by atoms with Crippen molar-refractivity contribution in [2.75, 3.05) is 13.2 Å². The lowest BCUT2D eigenvalue weighted by molar-refractivity contribution is 0.268. The molecule has 0 fully saturated rings. The van der Waals surface area contributed by atoms with Crippen LogP contribution in [-0.2, 0) is 6.42 Å². The van der Waals surface area contributed by atoms with Crippen molar-refractivity contribution in [3.8, 4) is 11.5 Å². The molecule has 0 spiro atoms. The predicted molar refractivity (Wildman–Crippen MR) is 92.3 cm³/mol. The van der Waals surface area contributed by atoms with Crippen molar-refractivity contribution in [2.24, 2.45) is 11.7 Å². The van der Waals surface area contributed by atoms with Crippen LogP contribution in [0, 0.1) is 5.92 Å². The van der Waals surface area contributed by atoms with Crippen molar-refractivity contribution >= 4 is 17.2 Å². The third-order valence-electron chi connectivity index (χ3n) is 3.07. The molecule has 118 valence electrons. The largest absolute Gasteiger partial charge is 0.490 e. The van der Waals surface area contributed by atoms with E-state index >= 15 is 0 Å². The van der Waals surface area contributed by atoms with Gasteiger partial charge in [-0.3, -0.25) is 0 Å². The fourth-order valence-electron chi connectivity index (χ4n) is 2.15. The third kappa shape index (κ3) is 6.80. The van der Waals surface area contributed by atoms with Crippen molar-refractivity contribution < 1.29 is 9.47 Å². The smallest absolute Gasteiger partial charge is 0.161 e. The second-order valence-electron chi connectivity index (χ2n) is 5.46. The monoisotopic (exact) mass is 309 g/mol. The van der Waals surface area contributed by atoms with Crippen LogP contribution in [0.25, 0.3) is 0 Å². The minimum absolute atomic E-state index is 0.434. The first kappa shape index (κ1) is 17.8. The molecule has 0 aliphatic carbocycles. The van der Waals surface area contributed by atoms with Gasteiger partial charge in [-0.15, -0.1) is 0 Å². The first-order valence-corrected chi connectivity index (χ1v) is 8.14. The van der Waals surface area contributed by atoms with Crippen molar-refractivity contribution in [1.29, 1.82) is 0 Å². The molecular weight excluding hydrogens is 282 g/mol. The number of benzene rings is 1. The minimum Gasteiger partial charge on any atom is -0.490 e. The lowest BCUT2D eigenvalue weighted by Crippen LogP contribution is -2.14. The molecule has 1 atom stereocenters. The van der Waals surface area contributed by atoms with E-state index in [9.17, 15) is 0 Å². The molecule has 3 nitrogen and oxygen atoms in total. The van der Waals surface area contributed by atoms with Gasteiger partial charge in [0.1, 0.15) is 0 Å². The van der Waals surface area contributed by atoms with Crippen LogP contribution in [-0.4, -0.2) is 18.2 Å². The first-order valence-electron chi connectivity index (χ1n) is 7.73. The highest BCUT2D eigenvalue weighted by Crippen LogP contribution is 2.30. The highest BCUT2D eigenvalue weighted by Gasteiger charge is 2.10. The fraction of sp³-hybridized carbons (Fsp3) is 0.588. The molecule has 1 aromatic rings. The molecule has 0 saturated heterocycles. The van der Waals surface area contributed by atoms with Crippen molar-refractivity contribution in [3.05, 3.63) is 23.8 Å². The molecule has 2 N–H and O–H groups in total. The summed E-state index contributed by atoms with van der Waals surface area (Å²) in [4.78, 5) is 0.577. The van der Waals surface area contributed by atoms with Crippen LogP contribution < -0.4 is 15.2 Å². The molecule has 0 aromatic heterocycles. The number of ether oxygens (including phenoxy) is 2. The second kappa shape index (κ2) is 9.61. The van der Waals surface area contributed by atoms with Crippen molar-refractivity contribution in [2.45, 2.75) is 46.5 Å². The molecule has 1 aromatic carbocycles.